The molecule has 0 unspecified atom stereocenters. The van der Waals surface area contributed by atoms with E-state index in [0.717, 1.165) is 6.42 Å². The van der Waals surface area contributed by atoms with Crippen molar-refractivity contribution in [2.45, 2.75) is 51.4 Å². The number of ether oxygens (including phenoxy) is 1. The average Bonchev–Trinajstić information content (AvgIpc) is 3.24. The Morgan fingerprint density at radius 1 is 1.26 bits per heavy atom. The Balaban J connectivity index is 1.79. The lowest BCUT2D eigenvalue weighted by atomic mass is 9.97. The third-order valence-corrected chi connectivity index (χ3v) is 7.04. The molecule has 2 aromatic carbocycles. The Kier molecular flexibility index (Phi) is 10.2. The maximum atomic E-state index is 12.9. The van der Waals surface area contributed by atoms with E-state index >= 15 is 0 Å². The molecule has 7 nitrogen and oxygen atoms in total. The van der Waals surface area contributed by atoms with Gasteiger partial charge in [-0.05, 0) is 22.3 Å². The van der Waals surface area contributed by atoms with Crippen LogP contribution in [0.15, 0.2) is 42.5 Å². The van der Waals surface area contributed by atoms with Gasteiger partial charge >= 0.3 is 5.97 Å². The molecule has 1 amide bonds. The van der Waals surface area contributed by atoms with Gasteiger partial charge in [0.25, 0.3) is 0 Å². The molecule has 4 N–H and O–H groups in total. The van der Waals surface area contributed by atoms with E-state index in [1.165, 1.54) is 16.3 Å². The molecular weight excluding hydrogens is 448 g/mol. The van der Waals surface area contributed by atoms with E-state index in [-0.39, 0.29) is 30.5 Å². The molecule has 0 saturated carbocycles. The first kappa shape index (κ1) is 26.5. The van der Waals surface area contributed by atoms with E-state index in [4.69, 9.17) is 10.5 Å². The first-order chi connectivity index (χ1) is 16.4. The van der Waals surface area contributed by atoms with Crippen LogP contribution in [0.3, 0.4) is 0 Å². The second kappa shape index (κ2) is 13.1. The molecule has 0 aromatic heterocycles. The van der Waals surface area contributed by atoms with Crippen LogP contribution in [0.1, 0.15) is 32.3 Å². The summed E-state index contributed by atoms with van der Waals surface area (Å²) in [5.74, 6) is 0.489. The zero-order valence-electron chi connectivity index (χ0n) is 20.2. The number of nitrogens with zero attached hydrogens (tertiary/aromatic N) is 1. The van der Waals surface area contributed by atoms with Crippen molar-refractivity contribution < 1.29 is 14.3 Å². The van der Waals surface area contributed by atoms with Crippen molar-refractivity contribution in [3.05, 3.63) is 48.0 Å². The lowest BCUT2D eigenvalue weighted by Crippen LogP contribution is -2.51. The number of hydrogen-bond donors (Lipinski definition) is 4. The highest BCUT2D eigenvalue weighted by molar-refractivity contribution is 7.80. The number of cyclic esters (lactones) is 1. The number of hydrogen-bond acceptors (Lipinski definition) is 7. The first-order valence-corrected chi connectivity index (χ1v) is 12.8. The van der Waals surface area contributed by atoms with Crippen LogP contribution >= 0.6 is 12.6 Å². The molecule has 0 spiro atoms. The third-order valence-electron chi connectivity index (χ3n) is 6.57. The summed E-state index contributed by atoms with van der Waals surface area (Å²) in [6.45, 7) is 6.91. The standard InChI is InChI=1S/C26H38N4O3S/c1-3-18(2)24(28-13-21(27)17-34)15-30(16-25(31)29-23-11-12-33-26(23)32)14-20-9-6-8-19-7-4-5-10-22(19)20/h4-10,18,21,23-24,28,34H,3,11-17,27H2,1-2H3,(H,29,31)/t18-,21+,23-,24+/m0/s1. The van der Waals surface area contributed by atoms with Crippen LogP contribution in [-0.4, -0.2) is 66.9 Å². The summed E-state index contributed by atoms with van der Waals surface area (Å²) in [6, 6.07) is 14.1. The van der Waals surface area contributed by atoms with Crippen molar-refractivity contribution >= 4 is 35.3 Å². The second-order valence-electron chi connectivity index (χ2n) is 9.23. The van der Waals surface area contributed by atoms with Gasteiger partial charge in [-0.15, -0.1) is 0 Å². The van der Waals surface area contributed by atoms with Gasteiger partial charge in [-0.25, -0.2) is 4.79 Å². The number of nitrogens with two attached hydrogens (primary N) is 1. The van der Waals surface area contributed by atoms with Gasteiger partial charge in [0, 0.05) is 43.9 Å². The van der Waals surface area contributed by atoms with Gasteiger partial charge in [0.05, 0.1) is 13.2 Å². The van der Waals surface area contributed by atoms with E-state index < -0.39 is 6.04 Å². The monoisotopic (exact) mass is 486 g/mol. The summed E-state index contributed by atoms with van der Waals surface area (Å²) in [5.41, 5.74) is 7.27. The van der Waals surface area contributed by atoms with E-state index in [2.05, 4.69) is 72.3 Å². The molecule has 186 valence electrons. The minimum atomic E-state index is -0.552. The highest BCUT2D eigenvalue weighted by atomic mass is 32.1. The van der Waals surface area contributed by atoms with Crippen LogP contribution in [-0.2, 0) is 20.9 Å². The molecular formula is C26H38N4O3S. The quantitative estimate of drug-likeness (QED) is 0.256. The van der Waals surface area contributed by atoms with Gasteiger partial charge in [-0.3, -0.25) is 9.69 Å². The van der Waals surface area contributed by atoms with Crippen LogP contribution < -0.4 is 16.4 Å². The number of benzene rings is 2. The topological polar surface area (TPSA) is 96.7 Å². The molecule has 1 aliphatic rings. The molecule has 2 aromatic rings. The van der Waals surface area contributed by atoms with Crippen LogP contribution in [0.25, 0.3) is 10.8 Å². The van der Waals surface area contributed by atoms with Crippen molar-refractivity contribution in [1.29, 1.82) is 0 Å². The SMILES string of the molecule is CC[C@H](C)[C@@H](CN(CC(=O)N[C@H]1CCOC1=O)Cc1cccc2ccccc12)NC[C@@H](N)CS. The van der Waals surface area contributed by atoms with Gasteiger partial charge < -0.3 is 21.1 Å². The summed E-state index contributed by atoms with van der Waals surface area (Å²) in [4.78, 5) is 26.9. The number of thiol groups is 1. The molecule has 0 radical (unpaired) electrons. The van der Waals surface area contributed by atoms with Crippen molar-refractivity contribution in [1.82, 2.24) is 15.5 Å². The van der Waals surface area contributed by atoms with Crippen molar-refractivity contribution in [2.75, 3.05) is 32.0 Å². The Morgan fingerprint density at radius 2 is 2.03 bits per heavy atom. The highest BCUT2D eigenvalue weighted by Gasteiger charge is 2.29. The molecule has 1 fully saturated rings. The summed E-state index contributed by atoms with van der Waals surface area (Å²) in [6.07, 6.45) is 1.53. The van der Waals surface area contributed by atoms with Gasteiger partial charge in [0.15, 0.2) is 0 Å². The fourth-order valence-electron chi connectivity index (χ4n) is 4.30. The normalized spacial score (nSPS) is 18.6. The minimum absolute atomic E-state index is 0.0296. The predicted octanol–water partition coefficient (Wildman–Crippen LogP) is 2.33. The summed E-state index contributed by atoms with van der Waals surface area (Å²) >= 11 is 4.30. The van der Waals surface area contributed by atoms with E-state index in [1.807, 2.05) is 12.1 Å². The first-order valence-electron chi connectivity index (χ1n) is 12.2. The van der Waals surface area contributed by atoms with Crippen molar-refractivity contribution in [3.8, 4) is 0 Å². The lowest BCUT2D eigenvalue weighted by molar-refractivity contribution is -0.141. The zero-order chi connectivity index (χ0) is 24.5. The lowest BCUT2D eigenvalue weighted by Gasteiger charge is -2.32. The Bertz CT molecular complexity index is 951. The van der Waals surface area contributed by atoms with Gasteiger partial charge in [-0.1, -0.05) is 62.7 Å². The van der Waals surface area contributed by atoms with E-state index in [0.29, 0.717) is 44.3 Å². The fourth-order valence-corrected chi connectivity index (χ4v) is 4.43. The smallest absolute Gasteiger partial charge is 0.328 e. The summed E-state index contributed by atoms with van der Waals surface area (Å²) in [7, 11) is 0. The largest absolute Gasteiger partial charge is 0.464 e. The van der Waals surface area contributed by atoms with Crippen LogP contribution in [0.5, 0.6) is 0 Å². The molecule has 0 bridgehead atoms. The van der Waals surface area contributed by atoms with Crippen molar-refractivity contribution in [3.63, 3.8) is 0 Å². The molecule has 1 heterocycles. The summed E-state index contributed by atoms with van der Waals surface area (Å²) in [5, 5.41) is 8.81. The van der Waals surface area contributed by atoms with Gasteiger partial charge in [-0.2, -0.15) is 12.6 Å². The number of nitrogens with one attached hydrogen (secondary N) is 2. The number of esters is 1. The number of carbonyl (C=O) groups is 2. The third kappa shape index (κ3) is 7.43. The zero-order valence-corrected chi connectivity index (χ0v) is 21.1. The molecule has 0 aliphatic carbocycles. The molecule has 1 saturated heterocycles. The molecule has 3 rings (SSSR count). The second-order valence-corrected chi connectivity index (χ2v) is 9.59. The van der Waals surface area contributed by atoms with Crippen LogP contribution in [0.4, 0.5) is 0 Å². The predicted molar refractivity (Wildman–Crippen MR) is 140 cm³/mol. The minimum Gasteiger partial charge on any atom is -0.464 e. The van der Waals surface area contributed by atoms with E-state index in [9.17, 15) is 9.59 Å². The number of carbonyl (C=O) groups excluding carboxylic acids is 2. The number of fused-ring (bicyclic) bond motifs is 1. The number of rotatable bonds is 13. The van der Waals surface area contributed by atoms with Crippen molar-refractivity contribution in [2.24, 2.45) is 11.7 Å². The highest BCUT2D eigenvalue weighted by Crippen LogP contribution is 2.21. The van der Waals surface area contributed by atoms with E-state index in [1.54, 1.807) is 0 Å². The number of amides is 1. The van der Waals surface area contributed by atoms with Crippen LogP contribution in [0.2, 0.25) is 0 Å². The Hall–Kier alpha value is -2.13. The maximum Gasteiger partial charge on any atom is 0.328 e. The molecule has 8 heteroatoms. The van der Waals surface area contributed by atoms with Gasteiger partial charge in [0.2, 0.25) is 5.91 Å². The average molecular weight is 487 g/mol. The maximum absolute atomic E-state index is 12.9. The summed E-state index contributed by atoms with van der Waals surface area (Å²) < 4.78 is 5.00. The fraction of sp³-hybridized carbons (Fsp3) is 0.538. The molecule has 1 aliphatic heterocycles. The molecule has 34 heavy (non-hydrogen) atoms. The Morgan fingerprint density at radius 3 is 2.74 bits per heavy atom. The molecule has 4 atom stereocenters. The Labute approximate surface area is 208 Å². The van der Waals surface area contributed by atoms with Crippen LogP contribution in [0, 0.1) is 5.92 Å². The van der Waals surface area contributed by atoms with Gasteiger partial charge in [0.1, 0.15) is 6.04 Å².